The summed E-state index contributed by atoms with van der Waals surface area (Å²) in [6.45, 7) is 0.550. The van der Waals surface area contributed by atoms with Crippen LogP contribution in [-0.2, 0) is 4.79 Å². The standard InChI is InChI=1S/C12H20N2O2.ClH/c15-9-5-11(13-6-9)12(16)14-10-4-7-1-2-8(10)3-7;/h7-11,13,15H,1-6H2,(H,14,16);1H. The lowest BCUT2D eigenvalue weighted by Crippen LogP contribution is -2.46. The van der Waals surface area contributed by atoms with Gasteiger partial charge < -0.3 is 15.7 Å². The predicted octanol–water partition coefficient (Wildman–Crippen LogP) is 0.436. The van der Waals surface area contributed by atoms with Crippen molar-refractivity contribution in [1.82, 2.24) is 10.6 Å². The van der Waals surface area contributed by atoms with Gasteiger partial charge in [-0.25, -0.2) is 0 Å². The smallest absolute Gasteiger partial charge is 0.237 e. The number of hydrogen-bond acceptors (Lipinski definition) is 3. The SMILES string of the molecule is Cl.O=C(NC1CC2CCC1C2)C1CC(O)CN1. The zero-order chi connectivity index (χ0) is 11.1. The van der Waals surface area contributed by atoms with Gasteiger partial charge in [-0.1, -0.05) is 6.42 Å². The Bertz CT molecular complexity index is 300. The van der Waals surface area contributed by atoms with Crippen LogP contribution in [0.3, 0.4) is 0 Å². The molecule has 98 valence electrons. The van der Waals surface area contributed by atoms with E-state index in [9.17, 15) is 9.90 Å². The molecule has 2 bridgehead atoms. The lowest BCUT2D eigenvalue weighted by molar-refractivity contribution is -0.124. The Morgan fingerprint density at radius 2 is 2.06 bits per heavy atom. The van der Waals surface area contributed by atoms with E-state index in [1.165, 1.54) is 25.7 Å². The first-order valence-electron chi connectivity index (χ1n) is 6.44. The van der Waals surface area contributed by atoms with Gasteiger partial charge in [0.15, 0.2) is 0 Å². The molecule has 1 aliphatic heterocycles. The van der Waals surface area contributed by atoms with Crippen molar-refractivity contribution in [3.63, 3.8) is 0 Å². The summed E-state index contributed by atoms with van der Waals surface area (Å²) >= 11 is 0. The number of hydrogen-bond donors (Lipinski definition) is 3. The highest BCUT2D eigenvalue weighted by Gasteiger charge is 2.41. The van der Waals surface area contributed by atoms with Crippen LogP contribution in [0, 0.1) is 11.8 Å². The molecule has 5 heteroatoms. The Labute approximate surface area is 108 Å². The Balaban J connectivity index is 0.00000108. The van der Waals surface area contributed by atoms with Crippen molar-refractivity contribution in [3.05, 3.63) is 0 Å². The normalized spacial score (nSPS) is 43.5. The molecule has 2 aliphatic carbocycles. The number of carbonyl (C=O) groups is 1. The van der Waals surface area contributed by atoms with Crippen LogP contribution in [0.4, 0.5) is 0 Å². The molecular formula is C12H21ClN2O2. The Kier molecular flexibility index (Phi) is 3.95. The van der Waals surface area contributed by atoms with E-state index in [0.717, 1.165) is 11.8 Å². The molecule has 0 spiro atoms. The van der Waals surface area contributed by atoms with Crippen LogP contribution < -0.4 is 10.6 Å². The molecule has 4 nitrogen and oxygen atoms in total. The molecule has 3 rings (SSSR count). The van der Waals surface area contributed by atoms with Crippen molar-refractivity contribution < 1.29 is 9.90 Å². The maximum atomic E-state index is 11.9. The maximum Gasteiger partial charge on any atom is 0.237 e. The lowest BCUT2D eigenvalue weighted by Gasteiger charge is -2.24. The summed E-state index contributed by atoms with van der Waals surface area (Å²) in [5.74, 6) is 1.67. The van der Waals surface area contributed by atoms with Crippen LogP contribution in [0.1, 0.15) is 32.1 Å². The van der Waals surface area contributed by atoms with Gasteiger partial charge in [0.2, 0.25) is 5.91 Å². The van der Waals surface area contributed by atoms with E-state index in [4.69, 9.17) is 0 Å². The minimum Gasteiger partial charge on any atom is -0.392 e. The molecule has 3 N–H and O–H groups in total. The second-order valence-corrected chi connectivity index (χ2v) is 5.64. The second-order valence-electron chi connectivity index (χ2n) is 5.64. The number of rotatable bonds is 2. The number of halogens is 1. The largest absolute Gasteiger partial charge is 0.392 e. The Morgan fingerprint density at radius 3 is 2.59 bits per heavy atom. The predicted molar refractivity (Wildman–Crippen MR) is 67.0 cm³/mol. The molecule has 3 aliphatic rings. The van der Waals surface area contributed by atoms with Crippen molar-refractivity contribution in [2.24, 2.45) is 11.8 Å². The topological polar surface area (TPSA) is 61.4 Å². The number of fused-ring (bicyclic) bond motifs is 2. The molecule has 2 saturated carbocycles. The van der Waals surface area contributed by atoms with Gasteiger partial charge in [0.1, 0.15) is 0 Å². The highest BCUT2D eigenvalue weighted by molar-refractivity contribution is 5.85. The fourth-order valence-corrected chi connectivity index (χ4v) is 3.62. The summed E-state index contributed by atoms with van der Waals surface area (Å²) in [6, 6.07) is 0.236. The third kappa shape index (κ3) is 2.59. The van der Waals surface area contributed by atoms with Crippen LogP contribution in [0.15, 0.2) is 0 Å². The van der Waals surface area contributed by atoms with Gasteiger partial charge in [-0.05, 0) is 37.5 Å². The third-order valence-corrected chi connectivity index (χ3v) is 4.49. The van der Waals surface area contributed by atoms with Crippen molar-refractivity contribution >= 4 is 18.3 Å². The molecule has 0 aromatic heterocycles. The highest BCUT2D eigenvalue weighted by Crippen LogP contribution is 2.44. The van der Waals surface area contributed by atoms with Gasteiger partial charge >= 0.3 is 0 Å². The van der Waals surface area contributed by atoms with E-state index in [2.05, 4.69) is 10.6 Å². The average Bonchev–Trinajstić information content (AvgIpc) is 2.92. The fourth-order valence-electron chi connectivity index (χ4n) is 3.62. The summed E-state index contributed by atoms with van der Waals surface area (Å²) in [7, 11) is 0. The number of β-amino-alcohol motifs (C(OH)–C–C–N with tert-alkyl or cyclic N) is 1. The van der Waals surface area contributed by atoms with E-state index in [1.54, 1.807) is 0 Å². The first-order chi connectivity index (χ1) is 7.72. The van der Waals surface area contributed by atoms with Crippen molar-refractivity contribution in [3.8, 4) is 0 Å². The Morgan fingerprint density at radius 1 is 1.24 bits per heavy atom. The molecule has 1 amide bonds. The molecular weight excluding hydrogens is 240 g/mol. The zero-order valence-corrected chi connectivity index (χ0v) is 10.7. The van der Waals surface area contributed by atoms with Crippen LogP contribution in [-0.4, -0.2) is 35.7 Å². The molecule has 0 radical (unpaired) electrons. The van der Waals surface area contributed by atoms with E-state index in [-0.39, 0.29) is 30.5 Å². The van der Waals surface area contributed by atoms with Crippen molar-refractivity contribution in [2.45, 2.75) is 50.3 Å². The van der Waals surface area contributed by atoms with E-state index < -0.39 is 0 Å². The van der Waals surface area contributed by atoms with Gasteiger partial charge in [-0.3, -0.25) is 4.79 Å². The van der Waals surface area contributed by atoms with Gasteiger partial charge in [0.25, 0.3) is 0 Å². The molecule has 17 heavy (non-hydrogen) atoms. The number of amides is 1. The lowest BCUT2D eigenvalue weighted by atomic mass is 9.95. The average molecular weight is 261 g/mol. The molecule has 1 saturated heterocycles. The molecule has 3 fully saturated rings. The van der Waals surface area contributed by atoms with Crippen LogP contribution >= 0.6 is 12.4 Å². The number of carbonyl (C=O) groups excluding carboxylic acids is 1. The molecule has 0 aromatic carbocycles. The quantitative estimate of drug-likeness (QED) is 0.675. The van der Waals surface area contributed by atoms with Crippen molar-refractivity contribution in [2.75, 3.05) is 6.54 Å². The summed E-state index contributed by atoms with van der Waals surface area (Å²) in [5, 5.41) is 15.6. The Hall–Kier alpha value is -0.320. The second kappa shape index (κ2) is 5.12. The zero-order valence-electron chi connectivity index (χ0n) is 9.89. The fraction of sp³-hybridized carbons (Fsp3) is 0.917. The minimum absolute atomic E-state index is 0. The summed E-state index contributed by atoms with van der Waals surface area (Å²) in [4.78, 5) is 11.9. The minimum atomic E-state index is -0.351. The first-order valence-corrected chi connectivity index (χ1v) is 6.44. The van der Waals surface area contributed by atoms with Gasteiger partial charge in [0, 0.05) is 12.6 Å². The number of nitrogens with one attached hydrogen (secondary N) is 2. The summed E-state index contributed by atoms with van der Waals surface area (Å²) in [6.07, 6.45) is 5.34. The first kappa shape index (κ1) is 13.1. The molecule has 5 unspecified atom stereocenters. The van der Waals surface area contributed by atoms with Gasteiger partial charge in [0.05, 0.1) is 12.1 Å². The molecule has 0 aromatic rings. The van der Waals surface area contributed by atoms with Gasteiger partial charge in [-0.15, -0.1) is 12.4 Å². The van der Waals surface area contributed by atoms with Crippen LogP contribution in [0.25, 0.3) is 0 Å². The van der Waals surface area contributed by atoms with Crippen LogP contribution in [0.5, 0.6) is 0 Å². The summed E-state index contributed by atoms with van der Waals surface area (Å²) < 4.78 is 0. The highest BCUT2D eigenvalue weighted by atomic mass is 35.5. The summed E-state index contributed by atoms with van der Waals surface area (Å²) in [5.41, 5.74) is 0. The van der Waals surface area contributed by atoms with Crippen molar-refractivity contribution in [1.29, 1.82) is 0 Å². The molecule has 1 heterocycles. The van der Waals surface area contributed by atoms with E-state index in [0.29, 0.717) is 19.0 Å². The van der Waals surface area contributed by atoms with Crippen LogP contribution in [0.2, 0.25) is 0 Å². The van der Waals surface area contributed by atoms with E-state index >= 15 is 0 Å². The van der Waals surface area contributed by atoms with Gasteiger partial charge in [-0.2, -0.15) is 0 Å². The maximum absolute atomic E-state index is 11.9. The molecule has 5 atom stereocenters. The van der Waals surface area contributed by atoms with E-state index in [1.807, 2.05) is 0 Å². The monoisotopic (exact) mass is 260 g/mol. The third-order valence-electron chi connectivity index (χ3n) is 4.49. The number of aliphatic hydroxyl groups is 1. The number of aliphatic hydroxyl groups excluding tert-OH is 1.